The number of rotatable bonds is 6. The molecule has 0 spiro atoms. The van der Waals surface area contributed by atoms with Gasteiger partial charge in [-0.25, -0.2) is 4.85 Å². The zero-order chi connectivity index (χ0) is 63.8. The van der Waals surface area contributed by atoms with Crippen LogP contribution in [0.15, 0.2) is 29.2 Å². The number of carbonyl (C=O) groups excluding carboxylic acids is 3. The number of aliphatic hydroxyl groups is 4. The molecule has 2 heterocycles. The summed E-state index contributed by atoms with van der Waals surface area (Å²) in [5.74, 6) is 13.8. The lowest BCUT2D eigenvalue weighted by Gasteiger charge is -2.54. The zero-order valence-electron chi connectivity index (χ0n) is 56.2. The van der Waals surface area contributed by atoms with Gasteiger partial charge in [-0.15, -0.1) is 0 Å². The van der Waals surface area contributed by atoms with Gasteiger partial charge in [0.1, 0.15) is 17.6 Å². The first kappa shape index (κ1) is 68.8. The number of halogens is 1. The fraction of sp³-hybridized carbons (Fsp3) is 0.855. The molecule has 89 heavy (non-hydrogen) atoms. The maximum Gasteiger partial charge on any atom is 0.202 e. The summed E-state index contributed by atoms with van der Waals surface area (Å²) in [6.07, 6.45) is 42.6. The number of aliphatic hydroxyl groups excluding tert-OH is 1. The number of carbonyl (C=O) groups is 3. The van der Waals surface area contributed by atoms with E-state index < -0.39 is 16.8 Å². The number of alkyl halides is 1. The van der Waals surface area contributed by atoms with Gasteiger partial charge in [0.05, 0.1) is 47.0 Å². The van der Waals surface area contributed by atoms with Crippen LogP contribution in [0.25, 0.3) is 4.85 Å². The van der Waals surface area contributed by atoms with Crippen molar-refractivity contribution in [3.8, 4) is 6.07 Å². The van der Waals surface area contributed by atoms with Gasteiger partial charge < -0.3 is 25.4 Å². The summed E-state index contributed by atoms with van der Waals surface area (Å²) in [6, 6.07) is 2.10. The van der Waals surface area contributed by atoms with Crippen LogP contribution in [-0.2, 0) is 20.9 Å². The number of nitriles is 1. The molecule has 0 saturated heterocycles. The molecule has 1 aliphatic heterocycles. The van der Waals surface area contributed by atoms with E-state index in [0.29, 0.717) is 70.7 Å². The SMILES string of the molecule is CC(=O)[C@H]1CC[C@H]2[C@@H]3CC[C@@H]4C[C@@](C)(O)CCC[C@@H]4[C@H]3CC[C@]12C.CO.C[C@]1(O)CCC[C@H]2[C@H](CC[C@@H]3[C@@H]2CC[C@]2(C)[C@@H](C(=O)CBr)CC[C@@H]32)C1.C[C@]1(O)CCC[C@H]2[C@H](CC[C@@H]3[C@@H]2CC[C@]2(C)[C@@H](C(=O)Cn4cc(C#N)cn4)CC[C@@H]32)C1.[C-]#[N+]C1=CCN=C1. The Morgan fingerprint density at radius 2 is 0.978 bits per heavy atom. The van der Waals surface area contributed by atoms with Gasteiger partial charge in [-0.1, -0.05) is 62.0 Å². The molecule has 13 heteroatoms. The second kappa shape index (κ2) is 28.1. The molecular formula is C76H116BrN5O7. The Morgan fingerprint density at radius 3 is 1.33 bits per heavy atom. The fourth-order valence-electron chi connectivity index (χ4n) is 25.0. The molecule has 0 radical (unpaired) electrons. The summed E-state index contributed by atoms with van der Waals surface area (Å²) >= 11 is 3.43. The summed E-state index contributed by atoms with van der Waals surface area (Å²) < 4.78 is 1.64. The minimum atomic E-state index is -0.474. The van der Waals surface area contributed by atoms with Crippen LogP contribution in [0.4, 0.5) is 0 Å². The van der Waals surface area contributed by atoms with Gasteiger partial charge in [0, 0.05) is 43.8 Å². The van der Waals surface area contributed by atoms with Crippen molar-refractivity contribution in [2.24, 2.45) is 128 Å². The van der Waals surface area contributed by atoms with Gasteiger partial charge in [-0.05, 0) is 306 Å². The van der Waals surface area contributed by atoms with E-state index in [9.17, 15) is 29.7 Å². The summed E-state index contributed by atoms with van der Waals surface area (Å²) in [6.45, 7) is 22.7. The first-order valence-electron chi connectivity index (χ1n) is 36.1. The van der Waals surface area contributed by atoms with E-state index in [1.165, 1.54) is 122 Å². The van der Waals surface area contributed by atoms with Crippen molar-refractivity contribution in [3.05, 3.63) is 41.1 Å². The number of ketones is 3. The molecule has 494 valence electrons. The maximum atomic E-state index is 13.3. The largest absolute Gasteiger partial charge is 0.400 e. The Hall–Kier alpha value is -3.07. The molecule has 0 aromatic carbocycles. The normalized spacial score (nSPS) is 46.3. The predicted molar refractivity (Wildman–Crippen MR) is 355 cm³/mol. The summed E-state index contributed by atoms with van der Waals surface area (Å²) in [7, 11) is 1.00. The molecule has 12 nitrogen and oxygen atoms in total. The highest BCUT2D eigenvalue weighted by Crippen LogP contribution is 2.68. The third-order valence-corrected chi connectivity index (χ3v) is 29.2. The van der Waals surface area contributed by atoms with Crippen molar-refractivity contribution in [1.82, 2.24) is 9.78 Å². The van der Waals surface area contributed by atoms with E-state index in [-0.39, 0.29) is 22.2 Å². The molecule has 1 aromatic rings. The zero-order valence-corrected chi connectivity index (χ0v) is 57.7. The van der Waals surface area contributed by atoms with Crippen LogP contribution in [0.3, 0.4) is 0 Å². The van der Waals surface area contributed by atoms with E-state index in [2.05, 4.69) is 71.6 Å². The molecule has 12 fully saturated rings. The van der Waals surface area contributed by atoms with E-state index in [4.69, 9.17) is 16.9 Å². The van der Waals surface area contributed by atoms with Gasteiger partial charge in [0.15, 0.2) is 5.78 Å². The monoisotopic (exact) mass is 1290 g/mol. The number of allylic oxidation sites excluding steroid dienone is 1. The molecule has 0 bridgehead atoms. The smallest absolute Gasteiger partial charge is 0.202 e. The molecule has 12 aliphatic carbocycles. The topological polar surface area (TPSA) is 190 Å². The second-order valence-electron chi connectivity index (χ2n) is 33.6. The minimum Gasteiger partial charge on any atom is -0.400 e. The van der Waals surface area contributed by atoms with Crippen LogP contribution in [0.1, 0.15) is 247 Å². The predicted octanol–water partition coefficient (Wildman–Crippen LogP) is 15.6. The fourth-order valence-corrected chi connectivity index (χ4v) is 25.4. The second-order valence-corrected chi connectivity index (χ2v) is 34.1. The highest BCUT2D eigenvalue weighted by atomic mass is 79.9. The van der Waals surface area contributed by atoms with Gasteiger partial charge in [-0.2, -0.15) is 10.4 Å². The average molecular weight is 1290 g/mol. The van der Waals surface area contributed by atoms with Crippen molar-refractivity contribution in [2.75, 3.05) is 19.0 Å². The molecule has 14 rings (SSSR count). The van der Waals surface area contributed by atoms with Crippen LogP contribution < -0.4 is 0 Å². The Balaban J connectivity index is 0.000000138. The Labute approximate surface area is 544 Å². The summed E-state index contributed by atoms with van der Waals surface area (Å²) in [5.41, 5.74) is 0.511. The van der Waals surface area contributed by atoms with E-state index in [0.717, 1.165) is 155 Å². The standard InChI is InChI=1S/C26H37N3O2.C22H35BrO2.C22H36O2.C5H4N2.CH4O/c1-25(31)10-3-4-19-18(12-25)5-6-21-20(19)9-11-26(2)22(21)7-8-23(26)24(30)16-29-15-17(13-27)14-28-29;1-21(25)10-3-4-15-14(12-21)5-6-17-16(15)9-11-22(2)18(17)7-8-19(22)20(24)13-23;1-14(23)19-8-9-20-18-7-6-15-13-21(2,24)11-4-5-16(15)17(18)10-12-22(19,20)3;1-6-5-2-3-7-4-5;1-2/h14-15,18-23,31H,3-12,16H2,1-2H3;14-19,25H,3-13H2,1-2H3;15-20,24H,4-13H2,1-3H3;2,4H,3H2;2H,1H3/t18-,19+,20-,21-,22+,23-,25+,26+;14-,15+,16-,17-,18+,19-,21+,22+;15-,16+,17-,18-,19-,20+,21+,22-;;/m111../s1. The van der Waals surface area contributed by atoms with Crippen molar-refractivity contribution in [1.29, 1.82) is 5.26 Å². The van der Waals surface area contributed by atoms with Crippen molar-refractivity contribution >= 4 is 39.5 Å². The van der Waals surface area contributed by atoms with Crippen molar-refractivity contribution in [2.45, 2.75) is 264 Å². The third kappa shape index (κ3) is 14.2. The number of nitrogens with zero attached hydrogens (tertiary/aromatic N) is 5. The Bertz CT molecular complexity index is 2790. The minimum absolute atomic E-state index is 0.118. The van der Waals surface area contributed by atoms with E-state index in [1.54, 1.807) is 29.4 Å². The van der Waals surface area contributed by atoms with Gasteiger partial charge in [0.25, 0.3) is 0 Å². The Kier molecular flexibility index (Phi) is 21.7. The summed E-state index contributed by atoms with van der Waals surface area (Å²) in [5, 5.41) is 52.8. The lowest BCUT2D eigenvalue weighted by Crippen LogP contribution is -2.48. The quantitative estimate of drug-likeness (QED) is 0.159. The molecule has 0 amide bonds. The number of fused-ring (bicyclic) bond motifs is 15. The number of Topliss-reactive ketones (excluding diaryl/α,β-unsaturated/α-hetero) is 3. The molecule has 24 atom stereocenters. The first-order chi connectivity index (χ1) is 42.4. The lowest BCUT2D eigenvalue weighted by molar-refractivity contribution is -0.131. The van der Waals surface area contributed by atoms with Crippen LogP contribution in [0.2, 0.25) is 0 Å². The molecule has 12 saturated carbocycles. The lowest BCUT2D eigenvalue weighted by atomic mass is 9.50. The third-order valence-electron chi connectivity index (χ3n) is 28.7. The highest BCUT2D eigenvalue weighted by molar-refractivity contribution is 9.09. The average Bonchev–Trinajstić information content (AvgIpc) is 1.70. The Morgan fingerprint density at radius 1 is 0.573 bits per heavy atom. The molecular weight excluding hydrogens is 1170 g/mol. The number of hydrogen-bond donors (Lipinski definition) is 4. The van der Waals surface area contributed by atoms with Crippen LogP contribution in [0.5, 0.6) is 0 Å². The molecule has 0 unspecified atom stereocenters. The first-order valence-corrected chi connectivity index (χ1v) is 37.3. The number of aliphatic imine (C=N–C) groups is 1. The molecule has 13 aliphatic rings. The van der Waals surface area contributed by atoms with Crippen LogP contribution in [-0.4, -0.2) is 89.6 Å². The maximum absolute atomic E-state index is 13.3. The van der Waals surface area contributed by atoms with E-state index in [1.807, 2.05) is 13.8 Å². The van der Waals surface area contributed by atoms with Crippen LogP contribution >= 0.6 is 15.9 Å². The number of hydrogen-bond acceptors (Lipinski definition) is 10. The van der Waals surface area contributed by atoms with Crippen molar-refractivity contribution in [3.63, 3.8) is 0 Å². The van der Waals surface area contributed by atoms with E-state index >= 15 is 0 Å². The van der Waals surface area contributed by atoms with Crippen LogP contribution in [0, 0.1) is 141 Å². The van der Waals surface area contributed by atoms with Crippen molar-refractivity contribution < 1.29 is 34.8 Å². The summed E-state index contributed by atoms with van der Waals surface area (Å²) in [4.78, 5) is 44.9. The highest BCUT2D eigenvalue weighted by Gasteiger charge is 2.61. The number of aromatic nitrogens is 2. The van der Waals surface area contributed by atoms with Gasteiger partial charge in [0.2, 0.25) is 5.70 Å². The molecule has 1 aromatic heterocycles. The van der Waals surface area contributed by atoms with Gasteiger partial charge >= 0.3 is 0 Å². The molecule has 4 N–H and O–H groups in total. The van der Waals surface area contributed by atoms with Gasteiger partial charge in [-0.3, -0.25) is 19.1 Å².